The van der Waals surface area contributed by atoms with Crippen molar-refractivity contribution in [3.63, 3.8) is 0 Å². The first-order valence-electron chi connectivity index (χ1n) is 3.55. The van der Waals surface area contributed by atoms with Crippen molar-refractivity contribution < 1.29 is 4.79 Å². The minimum atomic E-state index is 0.500. The van der Waals surface area contributed by atoms with Crippen molar-refractivity contribution in [3.8, 4) is 0 Å². The van der Waals surface area contributed by atoms with E-state index >= 15 is 0 Å². The van der Waals surface area contributed by atoms with E-state index in [1.165, 1.54) is 18.4 Å². The van der Waals surface area contributed by atoms with Gasteiger partial charge in [0.25, 0.3) is 0 Å². The fraction of sp³-hybridized carbons (Fsp3) is 0.857. The lowest BCUT2D eigenvalue weighted by atomic mass is 10.2. The normalized spacial score (nSPS) is 13.6. The van der Waals surface area contributed by atoms with Crippen LogP contribution in [0.2, 0.25) is 0 Å². The molecule has 0 aromatic heterocycles. The molecule has 0 aliphatic carbocycles. The minimum absolute atomic E-state index is 0.500. The van der Waals surface area contributed by atoms with Crippen molar-refractivity contribution in [2.24, 2.45) is 0 Å². The van der Waals surface area contributed by atoms with Gasteiger partial charge in [0.15, 0.2) is 5.62 Å². The van der Waals surface area contributed by atoms with Crippen LogP contribution in [0, 0.1) is 0 Å². The molecule has 0 saturated heterocycles. The summed E-state index contributed by atoms with van der Waals surface area (Å²) >= 11 is 1.23. The lowest BCUT2D eigenvalue weighted by Crippen LogP contribution is -2.21. The van der Waals surface area contributed by atoms with Crippen molar-refractivity contribution >= 4 is 17.6 Å². The van der Waals surface area contributed by atoms with E-state index in [1.807, 2.05) is 11.4 Å². The molecule has 0 rings (SSSR count). The van der Waals surface area contributed by atoms with Gasteiger partial charge in [0.05, 0.1) is 0 Å². The molecule has 0 bridgehead atoms. The summed E-state index contributed by atoms with van der Waals surface area (Å²) in [4.78, 5) is 10.0. The summed E-state index contributed by atoms with van der Waals surface area (Å²) in [6, 6.07) is 0.500. The topological polar surface area (TPSA) is 20.3 Å². The Kier molecular flexibility index (Phi) is 5.73. The van der Waals surface area contributed by atoms with E-state index in [9.17, 15) is 4.79 Å². The molecule has 0 aliphatic rings. The van der Waals surface area contributed by atoms with Crippen LogP contribution in [0.1, 0.15) is 26.7 Å². The molecule has 60 valence electrons. The smallest absolute Gasteiger partial charge is 0.191 e. The van der Waals surface area contributed by atoms with Crippen LogP contribution in [0.25, 0.3) is 0 Å². The lowest BCUT2D eigenvalue weighted by molar-refractivity contribution is 0.410. The Morgan fingerprint density at radius 2 is 2.30 bits per heavy atom. The maximum atomic E-state index is 10.0. The standard InChI is InChI=1S/C7H15NOS/c1-4-5-7(2)8(3)10-6-9/h6-7H,4-5H2,1-3H3. The highest BCUT2D eigenvalue weighted by Gasteiger charge is 2.06. The number of rotatable bonds is 5. The van der Waals surface area contributed by atoms with Gasteiger partial charge < -0.3 is 0 Å². The maximum absolute atomic E-state index is 10.0. The second-order valence-corrected chi connectivity index (χ2v) is 3.36. The first kappa shape index (κ1) is 9.98. The lowest BCUT2D eigenvalue weighted by Gasteiger charge is -2.19. The second kappa shape index (κ2) is 5.74. The van der Waals surface area contributed by atoms with Gasteiger partial charge in [0.1, 0.15) is 0 Å². The van der Waals surface area contributed by atoms with E-state index in [4.69, 9.17) is 0 Å². The number of hydrogen-bond acceptors (Lipinski definition) is 3. The number of nitrogens with zero attached hydrogens (tertiary/aromatic N) is 1. The Labute approximate surface area is 67.1 Å². The third-order valence-corrected chi connectivity index (χ3v) is 2.31. The molecular formula is C7H15NOS. The summed E-state index contributed by atoms with van der Waals surface area (Å²) in [6.45, 7) is 4.27. The first-order valence-corrected chi connectivity index (χ1v) is 4.39. The predicted molar refractivity (Wildman–Crippen MR) is 46.5 cm³/mol. The van der Waals surface area contributed by atoms with E-state index in [2.05, 4.69) is 13.8 Å². The van der Waals surface area contributed by atoms with Crippen LogP contribution in [0.3, 0.4) is 0 Å². The van der Waals surface area contributed by atoms with Crippen LogP contribution in [0.4, 0.5) is 0 Å². The third-order valence-electron chi connectivity index (χ3n) is 1.54. The van der Waals surface area contributed by atoms with Crippen molar-refractivity contribution in [2.45, 2.75) is 32.7 Å². The summed E-state index contributed by atoms with van der Waals surface area (Å²) in [7, 11) is 1.94. The Hall–Kier alpha value is -0.0200. The molecular weight excluding hydrogens is 146 g/mol. The summed E-state index contributed by atoms with van der Waals surface area (Å²) in [5.74, 6) is 0. The number of carbonyl (C=O) groups is 1. The molecule has 0 heterocycles. The highest BCUT2D eigenvalue weighted by atomic mass is 32.2. The van der Waals surface area contributed by atoms with Crippen molar-refractivity contribution in [2.75, 3.05) is 7.05 Å². The molecule has 0 amide bonds. The molecule has 10 heavy (non-hydrogen) atoms. The molecule has 0 aromatic rings. The van der Waals surface area contributed by atoms with Crippen LogP contribution in [-0.2, 0) is 4.79 Å². The highest BCUT2D eigenvalue weighted by molar-refractivity contribution is 8.09. The average Bonchev–Trinajstić information content (AvgIpc) is 1.89. The van der Waals surface area contributed by atoms with E-state index < -0.39 is 0 Å². The zero-order chi connectivity index (χ0) is 7.98. The number of carbonyl (C=O) groups excluding carboxylic acids is 1. The van der Waals surface area contributed by atoms with Crippen LogP contribution >= 0.6 is 11.9 Å². The van der Waals surface area contributed by atoms with E-state index in [0.29, 0.717) is 6.04 Å². The molecule has 0 aliphatic heterocycles. The SMILES string of the molecule is CCCC(C)N(C)SC=O. The minimum Gasteiger partial charge on any atom is -0.290 e. The Morgan fingerprint density at radius 1 is 1.70 bits per heavy atom. The second-order valence-electron chi connectivity index (χ2n) is 2.39. The van der Waals surface area contributed by atoms with Gasteiger partial charge in [-0.3, -0.25) is 4.79 Å². The molecule has 2 nitrogen and oxygen atoms in total. The predicted octanol–water partition coefficient (Wildman–Crippen LogP) is 1.95. The number of hydrogen-bond donors (Lipinski definition) is 0. The molecule has 1 unspecified atom stereocenters. The van der Waals surface area contributed by atoms with Gasteiger partial charge in [-0.25, -0.2) is 4.31 Å². The van der Waals surface area contributed by atoms with Gasteiger partial charge in [0, 0.05) is 6.04 Å². The van der Waals surface area contributed by atoms with Gasteiger partial charge in [0.2, 0.25) is 0 Å². The van der Waals surface area contributed by atoms with Crippen LogP contribution in [-0.4, -0.2) is 23.0 Å². The van der Waals surface area contributed by atoms with Crippen LogP contribution < -0.4 is 0 Å². The van der Waals surface area contributed by atoms with Crippen LogP contribution in [0.5, 0.6) is 0 Å². The molecule has 0 N–H and O–H groups in total. The summed E-state index contributed by atoms with van der Waals surface area (Å²) in [6.07, 6.45) is 2.32. The Bertz CT molecular complexity index is 97.6. The molecule has 0 saturated carbocycles. The summed E-state index contributed by atoms with van der Waals surface area (Å²) in [5.41, 5.74) is 0.867. The monoisotopic (exact) mass is 161 g/mol. The van der Waals surface area contributed by atoms with Gasteiger partial charge >= 0.3 is 0 Å². The fourth-order valence-electron chi connectivity index (χ4n) is 0.771. The summed E-state index contributed by atoms with van der Waals surface area (Å²) in [5, 5.41) is 0. The van der Waals surface area contributed by atoms with E-state index in [0.717, 1.165) is 12.0 Å². The molecule has 0 spiro atoms. The van der Waals surface area contributed by atoms with E-state index in [-0.39, 0.29) is 0 Å². The van der Waals surface area contributed by atoms with Gasteiger partial charge in [-0.2, -0.15) is 0 Å². The fourth-order valence-corrected chi connectivity index (χ4v) is 1.22. The van der Waals surface area contributed by atoms with Gasteiger partial charge in [-0.15, -0.1) is 0 Å². The molecule has 0 fully saturated rings. The van der Waals surface area contributed by atoms with Crippen LogP contribution in [0.15, 0.2) is 0 Å². The largest absolute Gasteiger partial charge is 0.290 e. The molecule has 1 atom stereocenters. The van der Waals surface area contributed by atoms with Crippen molar-refractivity contribution in [1.82, 2.24) is 4.31 Å². The maximum Gasteiger partial charge on any atom is 0.191 e. The first-order chi connectivity index (χ1) is 4.72. The highest BCUT2D eigenvalue weighted by Crippen LogP contribution is 2.11. The Morgan fingerprint density at radius 3 is 2.70 bits per heavy atom. The van der Waals surface area contributed by atoms with E-state index in [1.54, 1.807) is 0 Å². The average molecular weight is 161 g/mol. The molecule has 0 radical (unpaired) electrons. The Balaban J connectivity index is 3.47. The van der Waals surface area contributed by atoms with Gasteiger partial charge in [-0.1, -0.05) is 13.3 Å². The molecule has 0 aromatic carbocycles. The third kappa shape index (κ3) is 3.90. The van der Waals surface area contributed by atoms with Crippen molar-refractivity contribution in [1.29, 1.82) is 0 Å². The zero-order valence-corrected chi connectivity index (χ0v) is 7.65. The zero-order valence-electron chi connectivity index (χ0n) is 6.83. The summed E-state index contributed by atoms with van der Waals surface area (Å²) < 4.78 is 1.98. The molecule has 3 heteroatoms. The van der Waals surface area contributed by atoms with Gasteiger partial charge in [-0.05, 0) is 32.3 Å². The quantitative estimate of drug-likeness (QED) is 0.454. The van der Waals surface area contributed by atoms with Crippen molar-refractivity contribution in [3.05, 3.63) is 0 Å².